The van der Waals surface area contributed by atoms with E-state index >= 15 is 0 Å². The number of nitrogens with zero attached hydrogens (tertiary/aromatic N) is 3. The summed E-state index contributed by atoms with van der Waals surface area (Å²) in [5.74, 6) is 0.702. The predicted octanol–water partition coefficient (Wildman–Crippen LogP) is 4.15. The van der Waals surface area contributed by atoms with Crippen molar-refractivity contribution in [3.8, 4) is 0 Å². The lowest BCUT2D eigenvalue weighted by atomic mass is 9.65. The summed E-state index contributed by atoms with van der Waals surface area (Å²) in [5, 5.41) is 1.92. The highest BCUT2D eigenvalue weighted by molar-refractivity contribution is 8.00. The first-order valence-corrected chi connectivity index (χ1v) is 9.96. The van der Waals surface area contributed by atoms with Crippen molar-refractivity contribution in [2.24, 2.45) is 10.8 Å². The zero-order valence-electron chi connectivity index (χ0n) is 15.2. The van der Waals surface area contributed by atoms with Crippen molar-refractivity contribution in [1.82, 2.24) is 14.9 Å². The number of thioether (sulfide) groups is 1. The molecule has 2 aromatic rings. The fourth-order valence-corrected chi connectivity index (χ4v) is 5.94. The summed E-state index contributed by atoms with van der Waals surface area (Å²) in [6, 6.07) is 8.37. The molecule has 1 aliphatic heterocycles. The van der Waals surface area contributed by atoms with E-state index in [1.54, 1.807) is 6.33 Å². The van der Waals surface area contributed by atoms with Gasteiger partial charge in [0.25, 0.3) is 0 Å². The summed E-state index contributed by atoms with van der Waals surface area (Å²) >= 11 is 1.54. The van der Waals surface area contributed by atoms with Crippen molar-refractivity contribution >= 4 is 28.6 Å². The summed E-state index contributed by atoms with van der Waals surface area (Å²) in [6.07, 6.45) is 5.07. The molecule has 132 valence electrons. The van der Waals surface area contributed by atoms with E-state index in [0.717, 1.165) is 35.3 Å². The molecule has 1 aromatic heterocycles. The van der Waals surface area contributed by atoms with Crippen molar-refractivity contribution in [1.29, 1.82) is 0 Å². The van der Waals surface area contributed by atoms with Crippen molar-refractivity contribution in [3.05, 3.63) is 30.6 Å². The molecule has 25 heavy (non-hydrogen) atoms. The maximum absolute atomic E-state index is 12.9. The Morgan fingerprint density at radius 2 is 2.04 bits per heavy atom. The van der Waals surface area contributed by atoms with Crippen LogP contribution in [0.15, 0.2) is 35.6 Å². The Morgan fingerprint density at radius 1 is 1.24 bits per heavy atom. The van der Waals surface area contributed by atoms with E-state index in [1.807, 2.05) is 24.3 Å². The SMILES string of the molecule is CC1(C)C[C@H]2C[C@@](C)(CN2C(=O)CSc2ncnc3ccccc23)C1. The number of hydrogen-bond donors (Lipinski definition) is 0. The van der Waals surface area contributed by atoms with Crippen LogP contribution in [0.5, 0.6) is 0 Å². The average molecular weight is 356 g/mol. The number of carbonyl (C=O) groups excluding carboxylic acids is 1. The molecule has 1 aromatic carbocycles. The summed E-state index contributed by atoms with van der Waals surface area (Å²) in [6.45, 7) is 7.94. The van der Waals surface area contributed by atoms with Crippen LogP contribution >= 0.6 is 11.8 Å². The van der Waals surface area contributed by atoms with Gasteiger partial charge in [0.2, 0.25) is 5.91 Å². The number of hydrogen-bond acceptors (Lipinski definition) is 4. The molecule has 0 radical (unpaired) electrons. The van der Waals surface area contributed by atoms with Crippen LogP contribution < -0.4 is 0 Å². The number of likely N-dealkylation sites (tertiary alicyclic amines) is 1. The number of para-hydroxylation sites is 1. The van der Waals surface area contributed by atoms with E-state index in [1.165, 1.54) is 18.2 Å². The van der Waals surface area contributed by atoms with Crippen LogP contribution in [0.4, 0.5) is 0 Å². The van der Waals surface area contributed by atoms with E-state index in [4.69, 9.17) is 0 Å². The predicted molar refractivity (Wildman–Crippen MR) is 102 cm³/mol. The fraction of sp³-hybridized carbons (Fsp3) is 0.550. The Kier molecular flexibility index (Phi) is 4.02. The topological polar surface area (TPSA) is 46.1 Å². The summed E-state index contributed by atoms with van der Waals surface area (Å²) in [7, 11) is 0. The minimum atomic E-state index is 0.249. The molecular weight excluding hydrogens is 330 g/mol. The molecule has 5 heteroatoms. The van der Waals surface area contributed by atoms with Gasteiger partial charge in [-0.25, -0.2) is 9.97 Å². The first kappa shape index (κ1) is 16.8. The zero-order valence-corrected chi connectivity index (χ0v) is 16.0. The zero-order chi connectivity index (χ0) is 17.7. The van der Waals surface area contributed by atoms with Crippen LogP contribution in [-0.2, 0) is 4.79 Å². The van der Waals surface area contributed by atoms with Gasteiger partial charge in [-0.3, -0.25) is 4.79 Å². The highest BCUT2D eigenvalue weighted by atomic mass is 32.2. The van der Waals surface area contributed by atoms with Crippen LogP contribution in [0.1, 0.15) is 40.0 Å². The fourth-order valence-electron chi connectivity index (χ4n) is 5.06. The Labute approximate surface area is 153 Å². The average Bonchev–Trinajstić information content (AvgIpc) is 2.81. The Hall–Kier alpha value is -1.62. The smallest absolute Gasteiger partial charge is 0.233 e. The Bertz CT molecular complexity index is 816. The minimum Gasteiger partial charge on any atom is -0.338 e. The number of aromatic nitrogens is 2. The molecule has 4 nitrogen and oxygen atoms in total. The van der Waals surface area contributed by atoms with Crippen LogP contribution in [0.3, 0.4) is 0 Å². The van der Waals surface area contributed by atoms with Crippen molar-refractivity contribution in [2.75, 3.05) is 12.3 Å². The molecule has 0 N–H and O–H groups in total. The maximum Gasteiger partial charge on any atom is 0.233 e. The number of rotatable bonds is 3. The molecule has 2 fully saturated rings. The van der Waals surface area contributed by atoms with Crippen molar-refractivity contribution in [2.45, 2.75) is 51.1 Å². The quantitative estimate of drug-likeness (QED) is 0.613. The van der Waals surface area contributed by atoms with Crippen LogP contribution in [-0.4, -0.2) is 39.1 Å². The van der Waals surface area contributed by atoms with E-state index in [9.17, 15) is 4.79 Å². The number of fused-ring (bicyclic) bond motifs is 3. The molecule has 0 spiro atoms. The molecule has 2 bridgehead atoms. The number of carbonyl (C=O) groups is 1. The van der Waals surface area contributed by atoms with Gasteiger partial charge >= 0.3 is 0 Å². The monoisotopic (exact) mass is 355 g/mol. The van der Waals surface area contributed by atoms with E-state index in [2.05, 4.69) is 35.6 Å². The summed E-state index contributed by atoms with van der Waals surface area (Å²) < 4.78 is 0. The second kappa shape index (κ2) is 5.97. The van der Waals surface area contributed by atoms with Gasteiger partial charge in [-0.15, -0.1) is 0 Å². The molecular formula is C20H25N3OS. The molecule has 2 heterocycles. The maximum atomic E-state index is 12.9. The van der Waals surface area contributed by atoms with Crippen molar-refractivity contribution < 1.29 is 4.79 Å². The summed E-state index contributed by atoms with van der Waals surface area (Å²) in [5.41, 5.74) is 1.55. The minimum absolute atomic E-state index is 0.249. The number of amides is 1. The molecule has 1 amide bonds. The van der Waals surface area contributed by atoms with Gasteiger partial charge in [0.05, 0.1) is 11.3 Å². The molecule has 2 atom stereocenters. The van der Waals surface area contributed by atoms with E-state index in [0.29, 0.717) is 17.2 Å². The standard InChI is InChI=1S/C20H25N3OS/c1-19(2)8-14-9-20(3,11-19)12-23(14)17(24)10-25-18-15-6-4-5-7-16(15)21-13-22-18/h4-7,13-14H,8-12H2,1-3H3/t14-,20+/m0/s1. The first-order chi connectivity index (χ1) is 11.9. The van der Waals surface area contributed by atoms with Gasteiger partial charge < -0.3 is 4.90 Å². The third-order valence-corrected chi connectivity index (χ3v) is 6.56. The summed E-state index contributed by atoms with van der Waals surface area (Å²) in [4.78, 5) is 23.7. The lowest BCUT2D eigenvalue weighted by Gasteiger charge is -2.39. The van der Waals surface area contributed by atoms with E-state index < -0.39 is 0 Å². The molecule has 4 rings (SSSR count). The van der Waals surface area contributed by atoms with Gasteiger partial charge in [0, 0.05) is 18.0 Å². The molecule has 2 aliphatic rings. The highest BCUT2D eigenvalue weighted by Crippen LogP contribution is 2.52. The first-order valence-electron chi connectivity index (χ1n) is 8.97. The second-order valence-electron chi connectivity index (χ2n) is 8.72. The second-order valence-corrected chi connectivity index (χ2v) is 9.68. The van der Waals surface area contributed by atoms with E-state index in [-0.39, 0.29) is 11.3 Å². The van der Waals surface area contributed by atoms with Gasteiger partial charge in [-0.2, -0.15) is 0 Å². The molecule has 0 unspecified atom stereocenters. The number of benzene rings is 1. The lowest BCUT2D eigenvalue weighted by Crippen LogP contribution is -2.38. The van der Waals surface area contributed by atoms with Gasteiger partial charge in [0.15, 0.2) is 0 Å². The van der Waals surface area contributed by atoms with Crippen molar-refractivity contribution in [3.63, 3.8) is 0 Å². The van der Waals surface area contributed by atoms with Crippen LogP contribution in [0, 0.1) is 10.8 Å². The molecule has 1 saturated carbocycles. The third kappa shape index (κ3) is 3.26. The van der Waals surface area contributed by atoms with Gasteiger partial charge in [-0.05, 0) is 36.2 Å². The third-order valence-electron chi connectivity index (χ3n) is 5.57. The highest BCUT2D eigenvalue weighted by Gasteiger charge is 2.50. The largest absolute Gasteiger partial charge is 0.338 e. The van der Waals surface area contributed by atoms with Gasteiger partial charge in [0.1, 0.15) is 11.4 Å². The van der Waals surface area contributed by atoms with Crippen LogP contribution in [0.25, 0.3) is 10.9 Å². The molecule has 1 aliphatic carbocycles. The Balaban J connectivity index is 1.48. The lowest BCUT2D eigenvalue weighted by molar-refractivity contribution is -0.129. The Morgan fingerprint density at radius 3 is 2.88 bits per heavy atom. The molecule has 1 saturated heterocycles. The van der Waals surface area contributed by atoms with Gasteiger partial charge in [-0.1, -0.05) is 50.7 Å². The normalized spacial score (nSPS) is 27.6. The van der Waals surface area contributed by atoms with Crippen LogP contribution in [0.2, 0.25) is 0 Å².